The van der Waals surface area contributed by atoms with Crippen molar-refractivity contribution >= 4 is 11.9 Å². The van der Waals surface area contributed by atoms with Gasteiger partial charge in [-0.15, -0.1) is 0 Å². The summed E-state index contributed by atoms with van der Waals surface area (Å²) in [5.74, 6) is -0.674. The van der Waals surface area contributed by atoms with Crippen LogP contribution in [0.3, 0.4) is 0 Å². The van der Waals surface area contributed by atoms with E-state index in [1.54, 1.807) is 18.2 Å². The van der Waals surface area contributed by atoms with Crippen LogP contribution in [0.15, 0.2) is 24.3 Å². The highest BCUT2D eigenvalue weighted by molar-refractivity contribution is 5.75. The van der Waals surface area contributed by atoms with Gasteiger partial charge in [0.05, 0.1) is 0 Å². The van der Waals surface area contributed by atoms with Crippen molar-refractivity contribution in [2.45, 2.75) is 32.1 Å². The van der Waals surface area contributed by atoms with Gasteiger partial charge < -0.3 is 15.5 Å². The Hall–Kier alpha value is -2.04. The minimum atomic E-state index is -0.829. The molecule has 0 aliphatic rings. The second kappa shape index (κ2) is 8.13. The van der Waals surface area contributed by atoms with Crippen molar-refractivity contribution in [2.24, 2.45) is 0 Å². The lowest BCUT2D eigenvalue weighted by Crippen LogP contribution is -2.25. The molecule has 0 aliphatic heterocycles. The number of amides is 1. The molecule has 1 aromatic rings. The van der Waals surface area contributed by atoms with Gasteiger partial charge in [0.25, 0.3) is 0 Å². The van der Waals surface area contributed by atoms with E-state index in [4.69, 9.17) is 5.11 Å². The third-order valence-electron chi connectivity index (χ3n) is 2.69. The summed E-state index contributed by atoms with van der Waals surface area (Å²) in [4.78, 5) is 21.7. The zero-order chi connectivity index (χ0) is 14.1. The minimum absolute atomic E-state index is 0.0643. The minimum Gasteiger partial charge on any atom is -0.508 e. The number of hydrogen-bond acceptors (Lipinski definition) is 3. The molecule has 0 saturated heterocycles. The Kier molecular flexibility index (Phi) is 6.43. The Labute approximate surface area is 112 Å². The van der Waals surface area contributed by atoms with E-state index in [2.05, 4.69) is 5.32 Å². The number of carboxylic acid groups (broad SMARTS) is 1. The number of rotatable bonds is 8. The van der Waals surface area contributed by atoms with Crippen LogP contribution in [0.25, 0.3) is 0 Å². The topological polar surface area (TPSA) is 86.6 Å². The van der Waals surface area contributed by atoms with Crippen LogP contribution in [0.1, 0.15) is 31.2 Å². The Balaban J connectivity index is 2.12. The maximum absolute atomic E-state index is 11.4. The molecule has 0 aliphatic carbocycles. The summed E-state index contributed by atoms with van der Waals surface area (Å²) >= 11 is 0. The smallest absolute Gasteiger partial charge is 0.303 e. The molecular formula is C14H19NO4. The number of nitrogens with one attached hydrogen (secondary N) is 1. The van der Waals surface area contributed by atoms with Gasteiger partial charge in [-0.25, -0.2) is 0 Å². The fraction of sp³-hybridized carbons (Fsp3) is 0.429. The van der Waals surface area contributed by atoms with Crippen molar-refractivity contribution in [1.82, 2.24) is 5.32 Å². The molecule has 5 nitrogen and oxygen atoms in total. The number of phenolic OH excluding ortho intramolecular Hbond substituents is 1. The van der Waals surface area contributed by atoms with E-state index in [9.17, 15) is 14.7 Å². The molecule has 1 rings (SSSR count). The summed E-state index contributed by atoms with van der Waals surface area (Å²) < 4.78 is 0. The SMILES string of the molecule is O=C(O)CCCCC(=O)NCCc1cccc(O)c1. The first kappa shape index (κ1) is 15.0. The molecule has 5 heteroatoms. The number of aromatic hydroxyl groups is 1. The molecule has 0 fully saturated rings. The maximum atomic E-state index is 11.4. The summed E-state index contributed by atoms with van der Waals surface area (Å²) in [7, 11) is 0. The molecule has 3 N–H and O–H groups in total. The Morgan fingerprint density at radius 1 is 1.16 bits per heavy atom. The molecule has 0 radical (unpaired) electrons. The first-order valence-electron chi connectivity index (χ1n) is 6.34. The quantitative estimate of drug-likeness (QED) is 0.624. The summed E-state index contributed by atoms with van der Waals surface area (Å²) in [6, 6.07) is 6.92. The predicted octanol–water partition coefficient (Wildman–Crippen LogP) is 1.70. The van der Waals surface area contributed by atoms with Gasteiger partial charge >= 0.3 is 5.97 Å². The van der Waals surface area contributed by atoms with Crippen LogP contribution in [0.4, 0.5) is 0 Å². The normalized spacial score (nSPS) is 10.1. The number of carbonyl (C=O) groups is 2. The van der Waals surface area contributed by atoms with E-state index in [1.165, 1.54) is 0 Å². The van der Waals surface area contributed by atoms with Gasteiger partial charge in [0.1, 0.15) is 5.75 Å². The monoisotopic (exact) mass is 265 g/mol. The highest BCUT2D eigenvalue weighted by Gasteiger charge is 2.03. The standard InChI is InChI=1S/C14H19NO4/c16-12-5-3-4-11(10-12)8-9-15-13(17)6-1-2-7-14(18)19/h3-5,10,16H,1-2,6-9H2,(H,15,17)(H,18,19). The van der Waals surface area contributed by atoms with E-state index >= 15 is 0 Å². The maximum Gasteiger partial charge on any atom is 0.303 e. The molecule has 0 atom stereocenters. The summed E-state index contributed by atoms with van der Waals surface area (Å²) in [5, 5.41) is 20.5. The molecule has 0 saturated carbocycles. The van der Waals surface area contributed by atoms with Crippen LogP contribution < -0.4 is 5.32 Å². The largest absolute Gasteiger partial charge is 0.508 e. The number of carboxylic acids is 1. The van der Waals surface area contributed by atoms with Gasteiger partial charge in [0.15, 0.2) is 0 Å². The van der Waals surface area contributed by atoms with E-state index in [1.807, 2.05) is 6.07 Å². The Bertz CT molecular complexity index is 431. The zero-order valence-corrected chi connectivity index (χ0v) is 10.8. The highest BCUT2D eigenvalue weighted by Crippen LogP contribution is 2.10. The molecular weight excluding hydrogens is 246 g/mol. The van der Waals surface area contributed by atoms with Gasteiger partial charge in [-0.2, -0.15) is 0 Å². The molecule has 1 aromatic carbocycles. The van der Waals surface area contributed by atoms with Gasteiger partial charge in [0.2, 0.25) is 5.91 Å². The van der Waals surface area contributed by atoms with Crippen LogP contribution in [0, 0.1) is 0 Å². The van der Waals surface area contributed by atoms with Gasteiger partial charge in [0, 0.05) is 19.4 Å². The molecule has 19 heavy (non-hydrogen) atoms. The van der Waals surface area contributed by atoms with Crippen molar-refractivity contribution in [1.29, 1.82) is 0 Å². The average molecular weight is 265 g/mol. The van der Waals surface area contributed by atoms with Crippen LogP contribution in [0.5, 0.6) is 5.75 Å². The number of hydrogen-bond donors (Lipinski definition) is 3. The van der Waals surface area contributed by atoms with Crippen LogP contribution in [-0.4, -0.2) is 28.6 Å². The van der Waals surface area contributed by atoms with E-state index < -0.39 is 5.97 Å². The highest BCUT2D eigenvalue weighted by atomic mass is 16.4. The van der Waals surface area contributed by atoms with Gasteiger partial charge in [-0.1, -0.05) is 12.1 Å². The van der Waals surface area contributed by atoms with E-state index in [0.717, 1.165) is 5.56 Å². The zero-order valence-electron chi connectivity index (χ0n) is 10.8. The fourth-order valence-corrected chi connectivity index (χ4v) is 1.71. The Morgan fingerprint density at radius 3 is 2.58 bits per heavy atom. The third-order valence-corrected chi connectivity index (χ3v) is 2.69. The van der Waals surface area contributed by atoms with Crippen molar-refractivity contribution in [3.63, 3.8) is 0 Å². The summed E-state index contributed by atoms with van der Waals surface area (Å²) in [6.45, 7) is 0.515. The number of unbranched alkanes of at least 4 members (excludes halogenated alkanes) is 1. The number of carbonyl (C=O) groups excluding carboxylic acids is 1. The molecule has 0 spiro atoms. The molecule has 0 bridgehead atoms. The third kappa shape index (κ3) is 7.08. The second-order valence-electron chi connectivity index (χ2n) is 4.37. The number of aliphatic carboxylic acids is 1. The lowest BCUT2D eigenvalue weighted by Gasteiger charge is -2.05. The molecule has 1 amide bonds. The number of phenols is 1. The lowest BCUT2D eigenvalue weighted by molar-refractivity contribution is -0.137. The average Bonchev–Trinajstić information content (AvgIpc) is 2.34. The predicted molar refractivity (Wildman–Crippen MR) is 70.9 cm³/mol. The molecule has 0 unspecified atom stereocenters. The summed E-state index contributed by atoms with van der Waals surface area (Å²) in [6.07, 6.45) is 2.23. The molecule has 0 heterocycles. The van der Waals surface area contributed by atoms with Gasteiger partial charge in [-0.3, -0.25) is 9.59 Å². The second-order valence-corrected chi connectivity index (χ2v) is 4.37. The van der Waals surface area contributed by atoms with Crippen molar-refractivity contribution in [2.75, 3.05) is 6.54 Å². The van der Waals surface area contributed by atoms with Crippen molar-refractivity contribution in [3.05, 3.63) is 29.8 Å². The van der Waals surface area contributed by atoms with Crippen molar-refractivity contribution < 1.29 is 19.8 Å². The number of benzene rings is 1. The summed E-state index contributed by atoms with van der Waals surface area (Å²) in [5.41, 5.74) is 0.964. The first-order chi connectivity index (χ1) is 9.08. The van der Waals surface area contributed by atoms with Crippen LogP contribution in [0.2, 0.25) is 0 Å². The van der Waals surface area contributed by atoms with Crippen LogP contribution >= 0.6 is 0 Å². The van der Waals surface area contributed by atoms with E-state index in [0.29, 0.717) is 32.2 Å². The first-order valence-corrected chi connectivity index (χ1v) is 6.34. The van der Waals surface area contributed by atoms with Gasteiger partial charge in [-0.05, 0) is 37.0 Å². The molecule has 0 aromatic heterocycles. The lowest BCUT2D eigenvalue weighted by atomic mass is 10.1. The van der Waals surface area contributed by atoms with E-state index in [-0.39, 0.29) is 18.1 Å². The Morgan fingerprint density at radius 2 is 1.89 bits per heavy atom. The van der Waals surface area contributed by atoms with Crippen molar-refractivity contribution in [3.8, 4) is 5.75 Å². The fourth-order valence-electron chi connectivity index (χ4n) is 1.71. The molecule has 104 valence electrons. The van der Waals surface area contributed by atoms with Crippen LogP contribution in [-0.2, 0) is 16.0 Å².